The highest BCUT2D eigenvalue weighted by atomic mass is 16.5. The number of piperidine rings is 1. The fourth-order valence-electron chi connectivity index (χ4n) is 3.11. The van der Waals surface area contributed by atoms with Crippen molar-refractivity contribution in [2.45, 2.75) is 46.5 Å². The smallest absolute Gasteiger partial charge is 0.235 e. The zero-order chi connectivity index (χ0) is 15.4. The summed E-state index contributed by atoms with van der Waals surface area (Å²) in [6, 6.07) is 0. The molecular formula is C15H18N2O4. The molecule has 0 radical (unpaired) electrons. The number of amides is 2. The molecule has 0 N–H and O–H groups in total. The molecule has 2 amide bonds. The Bertz CT molecular complexity index is 626. The minimum atomic E-state index is -0.313. The fourth-order valence-corrected chi connectivity index (χ4v) is 3.11. The number of rotatable bonds is 1. The molecule has 0 saturated carbocycles. The van der Waals surface area contributed by atoms with Gasteiger partial charge in [0.15, 0.2) is 11.6 Å². The molecule has 1 saturated heterocycles. The number of fused-ring (bicyclic) bond motifs is 1. The van der Waals surface area contributed by atoms with Gasteiger partial charge in [-0.2, -0.15) is 0 Å². The highest BCUT2D eigenvalue weighted by Crippen LogP contribution is 2.39. The van der Waals surface area contributed by atoms with Gasteiger partial charge >= 0.3 is 0 Å². The molecule has 1 aliphatic carbocycles. The molecule has 2 aliphatic rings. The molecule has 1 aliphatic heterocycles. The van der Waals surface area contributed by atoms with Crippen LogP contribution in [0.15, 0.2) is 4.52 Å². The number of carbonyl (C=O) groups is 3. The molecule has 0 spiro atoms. The van der Waals surface area contributed by atoms with Crippen LogP contribution in [0.25, 0.3) is 0 Å². The van der Waals surface area contributed by atoms with Gasteiger partial charge < -0.3 is 4.52 Å². The van der Waals surface area contributed by atoms with E-state index < -0.39 is 0 Å². The first kappa shape index (κ1) is 14.0. The predicted octanol–water partition coefficient (Wildman–Crippen LogP) is 2.12. The highest BCUT2D eigenvalue weighted by Gasteiger charge is 2.41. The van der Waals surface area contributed by atoms with Gasteiger partial charge in [0.2, 0.25) is 11.8 Å². The third-order valence-electron chi connectivity index (χ3n) is 4.06. The summed E-state index contributed by atoms with van der Waals surface area (Å²) in [4.78, 5) is 37.7. The summed E-state index contributed by atoms with van der Waals surface area (Å²) in [7, 11) is 0. The standard InChI is InChI=1S/C15H18N2O4/c1-8-4-11(19)17(12(20)5-8)14-13-9(18)6-15(2,3)7-10(13)21-16-14/h8H,4-7H2,1-3H3. The van der Waals surface area contributed by atoms with Crippen molar-refractivity contribution in [3.63, 3.8) is 0 Å². The SMILES string of the molecule is CC1CC(=O)N(c2noc3c2C(=O)CC(C)(C)C3)C(=O)C1. The second kappa shape index (κ2) is 4.51. The predicted molar refractivity (Wildman–Crippen MR) is 73.8 cm³/mol. The lowest BCUT2D eigenvalue weighted by Gasteiger charge is -2.29. The first-order chi connectivity index (χ1) is 9.78. The highest BCUT2D eigenvalue weighted by molar-refractivity contribution is 6.19. The fraction of sp³-hybridized carbons (Fsp3) is 0.600. The molecule has 6 heteroatoms. The monoisotopic (exact) mass is 290 g/mol. The summed E-state index contributed by atoms with van der Waals surface area (Å²) in [5.74, 6) is -0.145. The van der Waals surface area contributed by atoms with Crippen LogP contribution in [0, 0.1) is 11.3 Å². The Morgan fingerprint density at radius 2 is 1.76 bits per heavy atom. The zero-order valence-electron chi connectivity index (χ0n) is 12.4. The number of hydrogen-bond acceptors (Lipinski definition) is 5. The molecule has 112 valence electrons. The van der Waals surface area contributed by atoms with Crippen molar-refractivity contribution in [2.24, 2.45) is 11.3 Å². The van der Waals surface area contributed by atoms with Gasteiger partial charge in [-0.15, -0.1) is 0 Å². The van der Waals surface area contributed by atoms with Crippen molar-refractivity contribution in [2.75, 3.05) is 4.90 Å². The van der Waals surface area contributed by atoms with Gasteiger partial charge in [-0.3, -0.25) is 14.4 Å². The van der Waals surface area contributed by atoms with Crippen molar-refractivity contribution in [3.05, 3.63) is 11.3 Å². The van der Waals surface area contributed by atoms with Crippen LogP contribution in [0.2, 0.25) is 0 Å². The second-order valence-electron chi connectivity index (χ2n) is 6.88. The quantitative estimate of drug-likeness (QED) is 0.740. The molecule has 1 fully saturated rings. The van der Waals surface area contributed by atoms with Crippen LogP contribution in [0.3, 0.4) is 0 Å². The van der Waals surface area contributed by atoms with Crippen molar-refractivity contribution in [1.82, 2.24) is 5.16 Å². The van der Waals surface area contributed by atoms with Crippen molar-refractivity contribution >= 4 is 23.4 Å². The minimum absolute atomic E-state index is 0.0265. The Morgan fingerprint density at radius 3 is 2.38 bits per heavy atom. The molecule has 1 aromatic rings. The summed E-state index contributed by atoms with van der Waals surface area (Å²) in [6.07, 6.45) is 1.51. The van der Waals surface area contributed by atoms with E-state index in [0.29, 0.717) is 24.2 Å². The number of carbonyl (C=O) groups excluding carboxylic acids is 3. The van der Waals surface area contributed by atoms with Crippen LogP contribution >= 0.6 is 0 Å². The Balaban J connectivity index is 2.02. The Hall–Kier alpha value is -1.98. The van der Waals surface area contributed by atoms with Gasteiger partial charge in [0.1, 0.15) is 11.3 Å². The lowest BCUT2D eigenvalue weighted by molar-refractivity contribution is -0.130. The van der Waals surface area contributed by atoms with Crippen LogP contribution in [0.1, 0.15) is 56.2 Å². The van der Waals surface area contributed by atoms with E-state index in [2.05, 4.69) is 5.16 Å². The maximum Gasteiger partial charge on any atom is 0.235 e. The maximum atomic E-state index is 12.4. The van der Waals surface area contributed by atoms with E-state index in [9.17, 15) is 14.4 Å². The van der Waals surface area contributed by atoms with E-state index in [-0.39, 0.29) is 47.6 Å². The van der Waals surface area contributed by atoms with E-state index in [0.717, 1.165) is 4.90 Å². The average Bonchev–Trinajstić information content (AvgIpc) is 2.69. The summed E-state index contributed by atoms with van der Waals surface area (Å²) >= 11 is 0. The molecule has 1 aromatic heterocycles. The normalized spacial score (nSPS) is 22.6. The molecule has 0 unspecified atom stereocenters. The Morgan fingerprint density at radius 1 is 1.14 bits per heavy atom. The van der Waals surface area contributed by atoms with Crippen LogP contribution in [0.4, 0.5) is 5.82 Å². The molecule has 6 nitrogen and oxygen atoms in total. The lowest BCUT2D eigenvalue weighted by Crippen LogP contribution is -2.44. The van der Waals surface area contributed by atoms with Crippen LogP contribution in [-0.2, 0) is 16.0 Å². The molecule has 0 aromatic carbocycles. The third kappa shape index (κ3) is 2.28. The van der Waals surface area contributed by atoms with Gasteiger partial charge in [0.25, 0.3) is 0 Å². The average molecular weight is 290 g/mol. The Labute approximate surface area is 122 Å². The first-order valence-electron chi connectivity index (χ1n) is 7.16. The molecular weight excluding hydrogens is 272 g/mol. The van der Waals surface area contributed by atoms with Gasteiger partial charge in [-0.1, -0.05) is 25.9 Å². The molecule has 0 atom stereocenters. The van der Waals surface area contributed by atoms with Crippen LogP contribution in [0.5, 0.6) is 0 Å². The largest absolute Gasteiger partial charge is 0.358 e. The number of Topliss-reactive ketones (excluding diaryl/α,β-unsaturated/α-hetero) is 1. The van der Waals surface area contributed by atoms with Crippen molar-refractivity contribution < 1.29 is 18.9 Å². The number of hydrogen-bond donors (Lipinski definition) is 0. The molecule has 21 heavy (non-hydrogen) atoms. The zero-order valence-corrected chi connectivity index (χ0v) is 12.4. The van der Waals surface area contributed by atoms with Crippen LogP contribution in [-0.4, -0.2) is 22.8 Å². The molecule has 0 bridgehead atoms. The first-order valence-corrected chi connectivity index (χ1v) is 7.16. The van der Waals surface area contributed by atoms with Gasteiger partial charge in [-0.25, -0.2) is 4.90 Å². The molecule has 2 heterocycles. The topological polar surface area (TPSA) is 80.5 Å². The number of nitrogens with zero attached hydrogens (tertiary/aromatic N) is 2. The third-order valence-corrected chi connectivity index (χ3v) is 4.06. The summed E-state index contributed by atoms with van der Waals surface area (Å²) in [5.41, 5.74) is 0.122. The number of aromatic nitrogens is 1. The minimum Gasteiger partial charge on any atom is -0.358 e. The van der Waals surface area contributed by atoms with E-state index in [1.54, 1.807) is 0 Å². The second-order valence-corrected chi connectivity index (χ2v) is 6.88. The number of anilines is 1. The summed E-state index contributed by atoms with van der Waals surface area (Å²) in [6.45, 7) is 5.82. The van der Waals surface area contributed by atoms with Crippen LogP contribution < -0.4 is 4.90 Å². The van der Waals surface area contributed by atoms with Crippen molar-refractivity contribution in [1.29, 1.82) is 0 Å². The number of ketones is 1. The lowest BCUT2D eigenvalue weighted by atomic mass is 9.76. The van der Waals surface area contributed by atoms with Gasteiger partial charge in [-0.05, 0) is 11.3 Å². The maximum absolute atomic E-state index is 12.4. The van der Waals surface area contributed by atoms with Gasteiger partial charge in [0.05, 0.1) is 0 Å². The van der Waals surface area contributed by atoms with E-state index in [1.807, 2.05) is 20.8 Å². The Kier molecular flexibility index (Phi) is 3.00. The number of imide groups is 1. The van der Waals surface area contributed by atoms with E-state index >= 15 is 0 Å². The summed E-state index contributed by atoms with van der Waals surface area (Å²) < 4.78 is 5.25. The van der Waals surface area contributed by atoms with E-state index in [4.69, 9.17) is 4.52 Å². The van der Waals surface area contributed by atoms with E-state index in [1.165, 1.54) is 0 Å². The van der Waals surface area contributed by atoms with Gasteiger partial charge in [0, 0.05) is 25.7 Å². The molecule has 3 rings (SSSR count). The van der Waals surface area contributed by atoms with Crippen molar-refractivity contribution in [3.8, 4) is 0 Å². The summed E-state index contributed by atoms with van der Waals surface area (Å²) in [5, 5.41) is 3.85.